The highest BCUT2D eigenvalue weighted by Gasteiger charge is 1.88. The zero-order valence-corrected chi connectivity index (χ0v) is 4.58. The highest BCUT2D eigenvalue weighted by Crippen LogP contribution is 2.00. The molecular weight excluding hydrogens is 112 g/mol. The van der Waals surface area contributed by atoms with E-state index in [9.17, 15) is 0 Å². The summed E-state index contributed by atoms with van der Waals surface area (Å²) in [5, 5.41) is 6.70. The Bertz CT molecular complexity index is 142. The van der Waals surface area contributed by atoms with Gasteiger partial charge in [0.1, 0.15) is 5.15 Å². The molecule has 0 aromatic carbocycles. The molecule has 0 amide bonds. The van der Waals surface area contributed by atoms with Gasteiger partial charge in [0.15, 0.2) is 0 Å². The first-order valence-corrected chi connectivity index (χ1v) is 2.26. The maximum Gasteiger partial charge on any atom is 0.132 e. The Labute approximate surface area is 46.5 Å². The van der Waals surface area contributed by atoms with Crippen LogP contribution in [0.4, 0.5) is 0 Å². The number of aromatic amines is 1. The van der Waals surface area contributed by atoms with Crippen LogP contribution >= 0.6 is 11.6 Å². The molecule has 0 aliphatic rings. The predicted octanol–water partition coefficient (Wildman–Crippen LogP) is 1.17. The molecule has 1 aromatic rings. The number of H-pyrrole nitrogens is 1. The van der Waals surface area contributed by atoms with Crippen LogP contribution in [0, 0.1) is 13.0 Å². The lowest BCUT2D eigenvalue weighted by Gasteiger charge is -1.64. The second-order valence-corrected chi connectivity index (χ2v) is 1.63. The molecule has 0 bridgehead atoms. The molecule has 0 saturated carbocycles. The molecule has 1 rings (SSSR count). The van der Waals surface area contributed by atoms with Crippen molar-refractivity contribution in [1.82, 2.24) is 10.2 Å². The van der Waals surface area contributed by atoms with Crippen molar-refractivity contribution in [3.8, 4) is 0 Å². The summed E-state index contributed by atoms with van der Waals surface area (Å²) in [5.41, 5.74) is 0.796. The number of nitrogens with one attached hydrogen (secondary N) is 1. The van der Waals surface area contributed by atoms with Gasteiger partial charge in [-0.2, -0.15) is 5.10 Å². The molecule has 1 heterocycles. The van der Waals surface area contributed by atoms with Crippen molar-refractivity contribution in [3.63, 3.8) is 0 Å². The third-order valence-corrected chi connectivity index (χ3v) is 0.791. The van der Waals surface area contributed by atoms with Gasteiger partial charge in [-0.15, -0.1) is 0 Å². The van der Waals surface area contributed by atoms with Gasteiger partial charge in [-0.1, -0.05) is 11.6 Å². The van der Waals surface area contributed by atoms with E-state index in [1.54, 1.807) is 0 Å². The minimum absolute atomic E-state index is 0.470. The van der Waals surface area contributed by atoms with Crippen LogP contribution in [0.25, 0.3) is 0 Å². The van der Waals surface area contributed by atoms with Crippen molar-refractivity contribution < 1.29 is 0 Å². The van der Waals surface area contributed by atoms with Crippen molar-refractivity contribution in [2.75, 3.05) is 0 Å². The zero-order valence-electron chi connectivity index (χ0n) is 3.83. The van der Waals surface area contributed by atoms with Gasteiger partial charge in [0.05, 0.1) is 5.69 Å². The lowest BCUT2D eigenvalue weighted by molar-refractivity contribution is 1.05. The zero-order chi connectivity index (χ0) is 5.28. The van der Waals surface area contributed by atoms with Crippen LogP contribution in [0.5, 0.6) is 0 Å². The van der Waals surface area contributed by atoms with Crippen molar-refractivity contribution in [1.29, 1.82) is 0 Å². The van der Waals surface area contributed by atoms with Gasteiger partial charge < -0.3 is 0 Å². The lowest BCUT2D eigenvalue weighted by atomic mass is 10.5. The Balaban J connectivity index is 3.04. The molecule has 1 radical (unpaired) electrons. The number of hydrogen-bond donors (Lipinski definition) is 1. The summed E-state index contributed by atoms with van der Waals surface area (Å²) in [6.07, 6.45) is 0. The topological polar surface area (TPSA) is 28.7 Å². The largest absolute Gasteiger partial charge is 0.266 e. The fourth-order valence-electron chi connectivity index (χ4n) is 0.348. The van der Waals surface area contributed by atoms with E-state index in [0.29, 0.717) is 5.15 Å². The SMILES string of the molecule is Cc1[c]c(Cl)[nH]n1. The maximum atomic E-state index is 5.39. The standard InChI is InChI=1S/C4H4ClN2/c1-3-2-4(5)7-6-3/h1H3,(H,6,7). The molecule has 0 aliphatic carbocycles. The molecule has 37 valence electrons. The minimum atomic E-state index is 0.470. The predicted molar refractivity (Wildman–Crippen MR) is 27.2 cm³/mol. The summed E-state index contributed by atoms with van der Waals surface area (Å²) in [6, 6.07) is 2.74. The van der Waals surface area contributed by atoms with Crippen LogP contribution in [0.1, 0.15) is 5.69 Å². The molecule has 0 spiro atoms. The van der Waals surface area contributed by atoms with Crippen molar-refractivity contribution >= 4 is 11.6 Å². The molecule has 0 fully saturated rings. The summed E-state index contributed by atoms with van der Waals surface area (Å²) >= 11 is 5.39. The number of aryl methyl sites for hydroxylation is 1. The van der Waals surface area contributed by atoms with Crippen molar-refractivity contribution in [3.05, 3.63) is 16.9 Å². The molecule has 0 atom stereocenters. The average Bonchev–Trinajstić information content (AvgIpc) is 1.87. The molecule has 0 aliphatic heterocycles. The molecule has 7 heavy (non-hydrogen) atoms. The Kier molecular flexibility index (Phi) is 1.02. The van der Waals surface area contributed by atoms with Crippen molar-refractivity contribution in [2.24, 2.45) is 0 Å². The summed E-state index contributed by atoms with van der Waals surface area (Å²) in [7, 11) is 0. The highest BCUT2D eigenvalue weighted by atomic mass is 35.5. The molecule has 0 unspecified atom stereocenters. The fraction of sp³-hybridized carbons (Fsp3) is 0.250. The third-order valence-electron chi connectivity index (χ3n) is 0.612. The molecule has 1 N–H and O–H groups in total. The first-order valence-electron chi connectivity index (χ1n) is 1.89. The Morgan fingerprint density at radius 3 is 2.71 bits per heavy atom. The Hall–Kier alpha value is -0.500. The molecule has 3 heteroatoms. The van der Waals surface area contributed by atoms with E-state index >= 15 is 0 Å². The second kappa shape index (κ2) is 1.54. The number of rotatable bonds is 0. The van der Waals surface area contributed by atoms with Crippen LogP contribution in [0.15, 0.2) is 0 Å². The van der Waals surface area contributed by atoms with Gasteiger partial charge in [0.25, 0.3) is 0 Å². The van der Waals surface area contributed by atoms with Crippen LogP contribution < -0.4 is 0 Å². The lowest BCUT2D eigenvalue weighted by Crippen LogP contribution is -1.66. The minimum Gasteiger partial charge on any atom is -0.266 e. The van der Waals surface area contributed by atoms with Gasteiger partial charge in [0, 0.05) is 6.07 Å². The van der Waals surface area contributed by atoms with Crippen LogP contribution in [0.2, 0.25) is 5.15 Å². The average molecular weight is 116 g/mol. The maximum absolute atomic E-state index is 5.39. The third kappa shape index (κ3) is 0.933. The van der Waals surface area contributed by atoms with Crippen LogP contribution in [-0.4, -0.2) is 10.2 Å². The summed E-state index contributed by atoms with van der Waals surface area (Å²) in [4.78, 5) is 0. The van der Waals surface area contributed by atoms with Crippen molar-refractivity contribution in [2.45, 2.75) is 6.92 Å². The summed E-state index contributed by atoms with van der Waals surface area (Å²) in [5.74, 6) is 0. The quantitative estimate of drug-likeness (QED) is 0.540. The summed E-state index contributed by atoms with van der Waals surface area (Å²) < 4.78 is 0. The first kappa shape index (κ1) is 4.65. The van der Waals surface area contributed by atoms with Gasteiger partial charge in [-0.3, -0.25) is 5.10 Å². The van der Waals surface area contributed by atoms with E-state index in [0.717, 1.165) is 5.69 Å². The van der Waals surface area contributed by atoms with E-state index in [2.05, 4.69) is 16.3 Å². The van der Waals surface area contributed by atoms with Gasteiger partial charge >= 0.3 is 0 Å². The molecule has 0 saturated heterocycles. The molecule has 2 nitrogen and oxygen atoms in total. The van der Waals surface area contributed by atoms with Gasteiger partial charge in [-0.05, 0) is 6.92 Å². The second-order valence-electron chi connectivity index (χ2n) is 1.25. The van der Waals surface area contributed by atoms with E-state index in [1.807, 2.05) is 6.92 Å². The molecule has 1 aromatic heterocycles. The number of nitrogens with zero attached hydrogens (tertiary/aromatic N) is 1. The number of hydrogen-bond acceptors (Lipinski definition) is 1. The fourth-order valence-corrected chi connectivity index (χ4v) is 0.527. The highest BCUT2D eigenvalue weighted by molar-refractivity contribution is 6.29. The van der Waals surface area contributed by atoms with Crippen LogP contribution in [-0.2, 0) is 0 Å². The Morgan fingerprint density at radius 2 is 2.57 bits per heavy atom. The van der Waals surface area contributed by atoms with Crippen LogP contribution in [0.3, 0.4) is 0 Å². The smallest absolute Gasteiger partial charge is 0.132 e. The number of aromatic nitrogens is 2. The Morgan fingerprint density at radius 1 is 1.86 bits per heavy atom. The normalized spacial score (nSPS) is 9.43. The van der Waals surface area contributed by atoms with E-state index in [-0.39, 0.29) is 0 Å². The van der Waals surface area contributed by atoms with E-state index in [1.165, 1.54) is 0 Å². The summed E-state index contributed by atoms with van der Waals surface area (Å²) in [6.45, 7) is 1.82. The molecular formula is C4H4ClN2. The monoisotopic (exact) mass is 115 g/mol. The van der Waals surface area contributed by atoms with E-state index < -0.39 is 0 Å². The van der Waals surface area contributed by atoms with E-state index in [4.69, 9.17) is 11.6 Å². The van der Waals surface area contributed by atoms with Gasteiger partial charge in [-0.25, -0.2) is 0 Å². The first-order chi connectivity index (χ1) is 3.29. The van der Waals surface area contributed by atoms with Gasteiger partial charge in [0.2, 0.25) is 0 Å². The number of halogens is 1.